The summed E-state index contributed by atoms with van der Waals surface area (Å²) >= 11 is 0. The molecule has 1 unspecified atom stereocenters. The van der Waals surface area contributed by atoms with Crippen LogP contribution in [-0.2, 0) is 16.1 Å². The number of hydrogen-bond acceptors (Lipinski definition) is 4. The van der Waals surface area contributed by atoms with E-state index in [1.54, 1.807) is 19.9 Å². The monoisotopic (exact) mass is 329 g/mol. The maximum atomic E-state index is 13.8. The molecule has 0 saturated carbocycles. The summed E-state index contributed by atoms with van der Waals surface area (Å²) in [5.74, 6) is -4.23. The lowest BCUT2D eigenvalue weighted by Crippen LogP contribution is -2.52. The van der Waals surface area contributed by atoms with Gasteiger partial charge in [0.2, 0.25) is 5.91 Å². The van der Waals surface area contributed by atoms with Gasteiger partial charge in [-0.25, -0.2) is 13.6 Å². The number of halogens is 2. The van der Waals surface area contributed by atoms with Gasteiger partial charge < -0.3 is 9.64 Å². The number of methoxy groups -OCH3 is 1. The van der Waals surface area contributed by atoms with Crippen LogP contribution in [0.3, 0.4) is 0 Å². The van der Waals surface area contributed by atoms with Crippen molar-refractivity contribution in [2.24, 2.45) is 5.92 Å². The van der Waals surface area contributed by atoms with Crippen LogP contribution in [0.4, 0.5) is 8.78 Å². The number of rotatable bonds is 4. The van der Waals surface area contributed by atoms with E-state index in [0.717, 1.165) is 0 Å². The fraction of sp³-hybridized carbons (Fsp3) is 0.667. The lowest BCUT2D eigenvalue weighted by atomic mass is 9.94. The van der Waals surface area contributed by atoms with Gasteiger partial charge in [-0.3, -0.25) is 9.36 Å². The van der Waals surface area contributed by atoms with Gasteiger partial charge in [-0.2, -0.15) is 4.98 Å². The zero-order chi connectivity index (χ0) is 17.2. The molecule has 0 radical (unpaired) electrons. The minimum absolute atomic E-state index is 0.0286. The van der Waals surface area contributed by atoms with Crippen LogP contribution in [0.25, 0.3) is 0 Å². The minimum atomic E-state index is -2.84. The zero-order valence-electron chi connectivity index (χ0n) is 13.5. The molecule has 0 aromatic carbocycles. The first-order valence-corrected chi connectivity index (χ1v) is 7.44. The van der Waals surface area contributed by atoms with E-state index >= 15 is 0 Å². The molecule has 2 heterocycles. The Balaban J connectivity index is 2.11. The molecule has 1 aliphatic rings. The Kier molecular flexibility index (Phi) is 5.13. The van der Waals surface area contributed by atoms with E-state index in [4.69, 9.17) is 4.74 Å². The Morgan fingerprint density at radius 1 is 1.48 bits per heavy atom. The molecule has 8 heteroatoms. The first-order valence-electron chi connectivity index (χ1n) is 7.44. The second-order valence-corrected chi connectivity index (χ2v) is 5.91. The Bertz CT molecular complexity index is 645. The van der Waals surface area contributed by atoms with E-state index in [0.29, 0.717) is 11.4 Å². The largest absolute Gasteiger partial charge is 0.384 e. The van der Waals surface area contributed by atoms with Crippen LogP contribution in [0.1, 0.15) is 17.8 Å². The molecule has 1 fully saturated rings. The molecule has 1 atom stereocenters. The van der Waals surface area contributed by atoms with Gasteiger partial charge in [-0.15, -0.1) is 0 Å². The number of carbonyl (C=O) groups excluding carboxylic acids is 1. The molecular weight excluding hydrogens is 308 g/mol. The first-order chi connectivity index (χ1) is 10.7. The highest BCUT2D eigenvalue weighted by atomic mass is 19.3. The number of alkyl halides is 2. The SMILES string of the molecule is COCC1CN(C(=O)Cn2c(C)cc(C)nc2=O)CCC1(F)F. The van der Waals surface area contributed by atoms with Gasteiger partial charge in [0.1, 0.15) is 6.54 Å². The van der Waals surface area contributed by atoms with Crippen LogP contribution >= 0.6 is 0 Å². The van der Waals surface area contributed by atoms with Crippen LogP contribution in [-0.4, -0.2) is 53.1 Å². The fourth-order valence-electron chi connectivity index (χ4n) is 2.78. The lowest BCUT2D eigenvalue weighted by molar-refractivity contribution is -0.151. The predicted octanol–water partition coefficient (Wildman–Crippen LogP) is 0.990. The summed E-state index contributed by atoms with van der Waals surface area (Å²) < 4.78 is 33.7. The van der Waals surface area contributed by atoms with Gasteiger partial charge in [-0.05, 0) is 19.9 Å². The number of nitrogens with zero attached hydrogens (tertiary/aromatic N) is 3. The summed E-state index contributed by atoms with van der Waals surface area (Å²) in [6.07, 6.45) is -0.396. The molecule has 0 bridgehead atoms. The smallest absolute Gasteiger partial charge is 0.348 e. The van der Waals surface area contributed by atoms with E-state index in [2.05, 4.69) is 4.98 Å². The molecular formula is C15H21F2N3O3. The molecule has 0 aliphatic carbocycles. The van der Waals surface area contributed by atoms with Crippen LogP contribution < -0.4 is 5.69 Å². The molecule has 2 rings (SSSR count). The topological polar surface area (TPSA) is 64.4 Å². The molecule has 1 amide bonds. The third-order valence-corrected chi connectivity index (χ3v) is 4.11. The first kappa shape index (κ1) is 17.5. The fourth-order valence-corrected chi connectivity index (χ4v) is 2.78. The Morgan fingerprint density at radius 3 is 2.78 bits per heavy atom. The highest BCUT2D eigenvalue weighted by molar-refractivity contribution is 5.76. The van der Waals surface area contributed by atoms with Gasteiger partial charge in [-0.1, -0.05) is 0 Å². The summed E-state index contributed by atoms with van der Waals surface area (Å²) in [6.45, 7) is 3.00. The van der Waals surface area contributed by atoms with Gasteiger partial charge in [0.25, 0.3) is 5.92 Å². The van der Waals surface area contributed by atoms with E-state index in [9.17, 15) is 18.4 Å². The van der Waals surface area contributed by atoms with Crippen LogP contribution in [0, 0.1) is 19.8 Å². The molecule has 1 saturated heterocycles. The molecule has 6 nitrogen and oxygen atoms in total. The molecule has 1 aromatic rings. The molecule has 1 aromatic heterocycles. The average Bonchev–Trinajstić information content (AvgIpc) is 2.45. The van der Waals surface area contributed by atoms with Crippen molar-refractivity contribution >= 4 is 5.91 Å². The number of ether oxygens (including phenoxy) is 1. The van der Waals surface area contributed by atoms with Crippen LogP contribution in [0.2, 0.25) is 0 Å². The quantitative estimate of drug-likeness (QED) is 0.826. The summed E-state index contributed by atoms with van der Waals surface area (Å²) in [4.78, 5) is 29.4. The Morgan fingerprint density at radius 2 is 2.17 bits per heavy atom. The molecule has 0 N–H and O–H groups in total. The van der Waals surface area contributed by atoms with Crippen molar-refractivity contribution in [2.45, 2.75) is 32.7 Å². The van der Waals surface area contributed by atoms with Crippen molar-refractivity contribution in [1.82, 2.24) is 14.5 Å². The summed E-state index contributed by atoms with van der Waals surface area (Å²) in [5, 5.41) is 0. The number of carbonyl (C=O) groups is 1. The van der Waals surface area contributed by atoms with Crippen molar-refractivity contribution < 1.29 is 18.3 Å². The number of hydrogen-bond donors (Lipinski definition) is 0. The van der Waals surface area contributed by atoms with E-state index in [-0.39, 0.29) is 32.1 Å². The van der Waals surface area contributed by atoms with Crippen molar-refractivity contribution in [3.8, 4) is 0 Å². The number of aryl methyl sites for hydroxylation is 2. The van der Waals surface area contributed by atoms with Gasteiger partial charge >= 0.3 is 5.69 Å². The van der Waals surface area contributed by atoms with E-state index in [1.807, 2.05) is 0 Å². The standard InChI is InChI=1S/C15H21F2N3O3/c1-10-6-11(2)20(14(22)18-10)8-13(21)19-5-4-15(16,17)12(7-19)9-23-3/h6,12H,4-5,7-9H2,1-3H3. The van der Waals surface area contributed by atoms with Crippen LogP contribution in [0.5, 0.6) is 0 Å². The molecule has 1 aliphatic heterocycles. The number of aromatic nitrogens is 2. The number of amides is 1. The average molecular weight is 329 g/mol. The second kappa shape index (κ2) is 6.74. The Hall–Kier alpha value is -1.83. The maximum Gasteiger partial charge on any atom is 0.348 e. The highest BCUT2D eigenvalue weighted by Gasteiger charge is 2.45. The highest BCUT2D eigenvalue weighted by Crippen LogP contribution is 2.33. The maximum absolute atomic E-state index is 13.8. The molecule has 0 spiro atoms. The number of piperidine rings is 1. The Labute approximate surface area is 133 Å². The van der Waals surface area contributed by atoms with E-state index < -0.39 is 24.0 Å². The molecule has 23 heavy (non-hydrogen) atoms. The molecule has 128 valence electrons. The normalized spacial score (nSPS) is 20.6. The van der Waals surface area contributed by atoms with Gasteiger partial charge in [0.15, 0.2) is 0 Å². The summed E-state index contributed by atoms with van der Waals surface area (Å²) in [6, 6.07) is 1.70. The summed E-state index contributed by atoms with van der Waals surface area (Å²) in [7, 11) is 1.36. The minimum Gasteiger partial charge on any atom is -0.384 e. The van der Waals surface area contributed by atoms with Crippen molar-refractivity contribution in [3.05, 3.63) is 27.9 Å². The third kappa shape index (κ3) is 3.93. The van der Waals surface area contributed by atoms with Gasteiger partial charge in [0, 0.05) is 38.0 Å². The van der Waals surface area contributed by atoms with Crippen molar-refractivity contribution in [2.75, 3.05) is 26.8 Å². The number of likely N-dealkylation sites (tertiary alicyclic amines) is 1. The van der Waals surface area contributed by atoms with Crippen LogP contribution in [0.15, 0.2) is 10.9 Å². The summed E-state index contributed by atoms with van der Waals surface area (Å²) in [5.41, 5.74) is 0.687. The second-order valence-electron chi connectivity index (χ2n) is 5.91. The van der Waals surface area contributed by atoms with Crippen molar-refractivity contribution in [3.63, 3.8) is 0 Å². The lowest BCUT2D eigenvalue weighted by Gasteiger charge is -2.38. The van der Waals surface area contributed by atoms with Crippen molar-refractivity contribution in [1.29, 1.82) is 0 Å². The third-order valence-electron chi connectivity index (χ3n) is 4.11. The van der Waals surface area contributed by atoms with E-state index in [1.165, 1.54) is 16.6 Å². The van der Waals surface area contributed by atoms with Gasteiger partial charge in [0.05, 0.1) is 12.5 Å². The predicted molar refractivity (Wildman–Crippen MR) is 79.5 cm³/mol. The zero-order valence-corrected chi connectivity index (χ0v) is 13.5.